The van der Waals surface area contributed by atoms with Crippen LogP contribution in [0.1, 0.15) is 72.3 Å². The molecule has 1 aromatic rings. The molecule has 1 aromatic carbocycles. The molecule has 0 spiro atoms. The first-order valence-corrected chi connectivity index (χ1v) is 20.2. The van der Waals surface area contributed by atoms with E-state index in [9.17, 15) is 58.8 Å². The predicted molar refractivity (Wildman–Crippen MR) is 220 cm³/mol. The SMILES string of the molecule is [B]C(=O)OCc1ccc(OC2O[C@H](C(=O)O)[C@@H](O)[C@H](O)[C@H]2O)c(NC(=O)CCNC(=O)[C@H](CCCCNC(=O)C(C)(C)CCOC(C)(C)C)NC(=O)[C@@H](CN)N2C(=O)C=CC2=O)c1. The smallest absolute Gasteiger partial charge is 0.335 e. The Morgan fingerprint density at radius 2 is 1.59 bits per heavy atom. The van der Waals surface area contributed by atoms with Crippen LogP contribution in [0, 0.1) is 5.41 Å². The van der Waals surface area contributed by atoms with Gasteiger partial charge in [-0.15, -0.1) is 0 Å². The standard InChI is InChI=1S/C40H57BN6O16/c1-39(2,3)61-17-14-40(4,5)37(58)44-15-7-6-8-22(46-34(55)24(19-42)47-27(49)11-12-28(47)50)33(54)43-16-13-26(48)45-23-18-21(20-60-38(41)59)9-10-25(23)62-36-31(53)29(51)30(52)32(63-36)35(56)57/h9-12,18,22,24,29-32,36,51-53H,6-8,13-17,19-20,42H2,1-5H3,(H,43,54)(H,44,58)(H,45,48)(H,46,55)(H,56,57)/t22-,24+,29-,30-,31+,32-,36?/m0/s1. The summed E-state index contributed by atoms with van der Waals surface area (Å²) in [6, 6.07) is 1.23. The number of rotatable bonds is 23. The van der Waals surface area contributed by atoms with Crippen LogP contribution in [0.3, 0.4) is 0 Å². The van der Waals surface area contributed by atoms with Crippen molar-refractivity contribution in [3.63, 3.8) is 0 Å². The Labute approximate surface area is 365 Å². The second-order valence-electron chi connectivity index (χ2n) is 16.4. The van der Waals surface area contributed by atoms with Crippen molar-refractivity contribution in [3.05, 3.63) is 35.9 Å². The van der Waals surface area contributed by atoms with E-state index in [0.717, 1.165) is 12.2 Å². The number of carbonyl (C=O) groups is 8. The lowest BCUT2D eigenvalue weighted by atomic mass is 9.88. The maximum Gasteiger partial charge on any atom is 0.335 e. The first-order chi connectivity index (χ1) is 29.4. The zero-order chi connectivity index (χ0) is 47.2. The number of aliphatic carboxylic acids is 1. The van der Waals surface area contributed by atoms with E-state index in [4.69, 9.17) is 32.5 Å². The summed E-state index contributed by atoms with van der Waals surface area (Å²) in [5.74, 6) is -7.05. The number of carbonyl (C=O) groups excluding carboxylic acids is 7. The highest BCUT2D eigenvalue weighted by Gasteiger charge is 2.48. The number of amides is 6. The molecular weight excluding hydrogens is 831 g/mol. The summed E-state index contributed by atoms with van der Waals surface area (Å²) in [6.07, 6.45) is -6.98. The van der Waals surface area contributed by atoms with Crippen LogP contribution in [0.2, 0.25) is 0 Å². The topological polar surface area (TPSA) is 332 Å². The Kier molecular flexibility index (Phi) is 19.2. The van der Waals surface area contributed by atoms with E-state index in [1.807, 2.05) is 20.8 Å². The molecule has 0 aromatic heterocycles. The number of carboxylic acids is 1. The summed E-state index contributed by atoms with van der Waals surface area (Å²) in [4.78, 5) is 101. The van der Waals surface area contributed by atoms with Crippen LogP contribution in [0.4, 0.5) is 10.5 Å². The number of nitrogens with one attached hydrogen (secondary N) is 4. The van der Waals surface area contributed by atoms with E-state index in [0.29, 0.717) is 30.8 Å². The number of unbranched alkanes of at least 4 members (excludes halogenated alkanes) is 1. The molecule has 22 nitrogen and oxygen atoms in total. The molecule has 6 amide bonds. The van der Waals surface area contributed by atoms with Gasteiger partial charge in [0.1, 0.15) is 42.8 Å². The fourth-order valence-electron chi connectivity index (χ4n) is 6.16. The minimum atomic E-state index is -2.00. The maximum atomic E-state index is 13.5. The first kappa shape index (κ1) is 51.9. The second kappa shape index (κ2) is 23.3. The molecule has 2 aliphatic rings. The molecule has 10 N–H and O–H groups in total. The van der Waals surface area contributed by atoms with Crippen LogP contribution in [0.15, 0.2) is 30.4 Å². The van der Waals surface area contributed by atoms with Crippen molar-refractivity contribution in [1.29, 1.82) is 0 Å². The van der Waals surface area contributed by atoms with Gasteiger partial charge in [0.15, 0.2) is 6.10 Å². The van der Waals surface area contributed by atoms with Crippen LogP contribution in [0.25, 0.3) is 0 Å². The summed E-state index contributed by atoms with van der Waals surface area (Å²) in [5.41, 5.74) is 4.85. The van der Waals surface area contributed by atoms with Gasteiger partial charge in [0.05, 0.1) is 11.3 Å². The zero-order valence-electron chi connectivity index (χ0n) is 35.8. The second-order valence-corrected chi connectivity index (χ2v) is 16.4. The minimum Gasteiger partial charge on any atom is -0.479 e. The van der Waals surface area contributed by atoms with E-state index < -0.39 is 96.1 Å². The summed E-state index contributed by atoms with van der Waals surface area (Å²) in [6.45, 7) is 8.86. The molecule has 63 heavy (non-hydrogen) atoms. The number of hydrogen-bond acceptors (Lipinski definition) is 16. The van der Waals surface area contributed by atoms with Gasteiger partial charge in [-0.05, 0) is 64.2 Å². The Bertz CT molecular complexity index is 1850. The number of hydrogen-bond donors (Lipinski definition) is 9. The average Bonchev–Trinajstić information content (AvgIpc) is 3.53. The van der Waals surface area contributed by atoms with Gasteiger partial charge in [-0.25, -0.2) is 4.79 Å². The number of aliphatic hydroxyl groups is 3. The summed E-state index contributed by atoms with van der Waals surface area (Å²) in [7, 11) is 5.06. The van der Waals surface area contributed by atoms with Crippen molar-refractivity contribution in [2.45, 2.75) is 122 Å². The van der Waals surface area contributed by atoms with Crippen LogP contribution in [-0.2, 0) is 54.4 Å². The van der Waals surface area contributed by atoms with E-state index in [1.165, 1.54) is 18.2 Å². The third-order valence-electron chi connectivity index (χ3n) is 9.80. The van der Waals surface area contributed by atoms with E-state index >= 15 is 0 Å². The largest absolute Gasteiger partial charge is 0.479 e. The lowest BCUT2D eigenvalue weighted by Crippen LogP contribution is -2.61. The van der Waals surface area contributed by atoms with Gasteiger partial charge < -0.3 is 66.4 Å². The third kappa shape index (κ3) is 15.7. The van der Waals surface area contributed by atoms with Crippen LogP contribution in [-0.4, -0.2) is 155 Å². The molecule has 0 aliphatic carbocycles. The Balaban J connectivity index is 1.69. The van der Waals surface area contributed by atoms with Crippen LogP contribution in [0.5, 0.6) is 5.75 Å². The van der Waals surface area contributed by atoms with Crippen LogP contribution < -0.4 is 31.7 Å². The molecule has 2 radical (unpaired) electrons. The lowest BCUT2D eigenvalue weighted by molar-refractivity contribution is -0.271. The fourth-order valence-corrected chi connectivity index (χ4v) is 6.16. The van der Waals surface area contributed by atoms with E-state index in [1.54, 1.807) is 13.8 Å². The highest BCUT2D eigenvalue weighted by molar-refractivity contribution is 6.55. The Morgan fingerprint density at radius 3 is 2.19 bits per heavy atom. The summed E-state index contributed by atoms with van der Waals surface area (Å²) < 4.78 is 21.4. The van der Waals surface area contributed by atoms with Crippen LogP contribution >= 0.6 is 0 Å². The highest BCUT2D eigenvalue weighted by atomic mass is 16.7. The molecule has 346 valence electrons. The number of nitrogens with two attached hydrogens (primary N) is 1. The quantitative estimate of drug-likeness (QED) is 0.0342. The minimum absolute atomic E-state index is 0.0320. The van der Waals surface area contributed by atoms with E-state index in [2.05, 4.69) is 21.3 Å². The molecule has 1 fully saturated rings. The normalized spacial score (nSPS) is 21.0. The van der Waals surface area contributed by atoms with Gasteiger partial charge in [0.25, 0.3) is 11.8 Å². The van der Waals surface area contributed by atoms with Gasteiger partial charge >= 0.3 is 5.97 Å². The summed E-state index contributed by atoms with van der Waals surface area (Å²) in [5, 5.41) is 50.7. The lowest BCUT2D eigenvalue weighted by Gasteiger charge is -2.38. The van der Waals surface area contributed by atoms with Crippen molar-refractivity contribution >= 4 is 60.8 Å². The van der Waals surface area contributed by atoms with Gasteiger partial charge in [-0.1, -0.05) is 19.9 Å². The number of benzene rings is 1. The number of anilines is 1. The molecule has 3 rings (SSSR count). The molecule has 0 saturated carbocycles. The first-order valence-electron chi connectivity index (χ1n) is 20.2. The molecule has 2 heterocycles. The number of carboxylic acid groups (broad SMARTS) is 1. The monoisotopic (exact) mass is 888 g/mol. The molecule has 1 saturated heterocycles. The predicted octanol–water partition coefficient (Wildman–Crippen LogP) is -1.54. The zero-order valence-corrected chi connectivity index (χ0v) is 35.8. The average molecular weight is 889 g/mol. The fraction of sp³-hybridized carbons (Fsp3) is 0.600. The summed E-state index contributed by atoms with van der Waals surface area (Å²) >= 11 is 0. The Hall–Kier alpha value is -5.46. The molecule has 0 bridgehead atoms. The van der Waals surface area contributed by atoms with Crippen molar-refractivity contribution in [1.82, 2.24) is 20.9 Å². The maximum absolute atomic E-state index is 13.5. The highest BCUT2D eigenvalue weighted by Crippen LogP contribution is 2.31. The Morgan fingerprint density at radius 1 is 0.921 bits per heavy atom. The van der Waals surface area contributed by atoms with E-state index in [-0.39, 0.29) is 61.0 Å². The van der Waals surface area contributed by atoms with Gasteiger partial charge in [0, 0.05) is 50.2 Å². The molecule has 7 atom stereocenters. The van der Waals surface area contributed by atoms with Crippen molar-refractivity contribution < 1.29 is 77.7 Å². The number of ether oxygens (including phenoxy) is 4. The van der Waals surface area contributed by atoms with Crippen molar-refractivity contribution in [3.8, 4) is 5.75 Å². The molecule has 1 unspecified atom stereocenters. The van der Waals surface area contributed by atoms with Gasteiger partial charge in [-0.3, -0.25) is 38.5 Å². The molecule has 23 heteroatoms. The molecule has 2 aliphatic heterocycles. The number of aliphatic hydroxyl groups excluding tert-OH is 3. The third-order valence-corrected chi connectivity index (χ3v) is 9.80. The van der Waals surface area contributed by atoms with Crippen molar-refractivity contribution in [2.75, 3.05) is 31.6 Å². The van der Waals surface area contributed by atoms with Crippen molar-refractivity contribution in [2.24, 2.45) is 11.1 Å². The number of nitrogens with zero attached hydrogens (tertiary/aromatic N) is 1. The number of imide groups is 1. The van der Waals surface area contributed by atoms with Gasteiger partial charge in [0.2, 0.25) is 43.6 Å². The molecular formula is C40H57BN6O16. The van der Waals surface area contributed by atoms with Gasteiger partial charge in [-0.2, -0.15) is 0 Å².